The van der Waals surface area contributed by atoms with E-state index in [1.54, 1.807) is 0 Å². The summed E-state index contributed by atoms with van der Waals surface area (Å²) in [5.74, 6) is 0.831. The van der Waals surface area contributed by atoms with Crippen LogP contribution in [0.5, 0.6) is 0 Å². The summed E-state index contributed by atoms with van der Waals surface area (Å²) in [5.41, 5.74) is 5.76. The van der Waals surface area contributed by atoms with Gasteiger partial charge < -0.3 is 10.8 Å². The molecule has 3 N–H and O–H groups in total. The third kappa shape index (κ3) is 2.40. The zero-order chi connectivity index (χ0) is 11.6. The SMILES string of the molecule is NCC1(CC(=O)O)CC2CCCCCC2C1. The summed E-state index contributed by atoms with van der Waals surface area (Å²) >= 11 is 0. The molecule has 0 aliphatic heterocycles. The van der Waals surface area contributed by atoms with E-state index in [9.17, 15) is 4.79 Å². The highest BCUT2D eigenvalue weighted by molar-refractivity contribution is 5.67. The van der Waals surface area contributed by atoms with Crippen molar-refractivity contribution in [2.75, 3.05) is 6.54 Å². The average Bonchev–Trinajstić information content (AvgIpc) is 2.43. The van der Waals surface area contributed by atoms with Crippen LogP contribution in [-0.2, 0) is 4.79 Å². The van der Waals surface area contributed by atoms with Crippen LogP contribution in [0.3, 0.4) is 0 Å². The van der Waals surface area contributed by atoms with Crippen LogP contribution in [0.15, 0.2) is 0 Å². The lowest BCUT2D eigenvalue weighted by molar-refractivity contribution is -0.139. The third-order valence-corrected chi connectivity index (χ3v) is 4.67. The first-order valence-corrected chi connectivity index (χ1v) is 6.57. The lowest BCUT2D eigenvalue weighted by Crippen LogP contribution is -2.31. The summed E-state index contributed by atoms with van der Waals surface area (Å²) in [6, 6.07) is 0. The first-order chi connectivity index (χ1) is 7.65. The number of aliphatic carboxylic acids is 1. The van der Waals surface area contributed by atoms with Gasteiger partial charge in [-0.25, -0.2) is 0 Å². The smallest absolute Gasteiger partial charge is 0.303 e. The quantitative estimate of drug-likeness (QED) is 0.775. The van der Waals surface area contributed by atoms with Crippen molar-refractivity contribution in [3.8, 4) is 0 Å². The van der Waals surface area contributed by atoms with Crippen LogP contribution in [-0.4, -0.2) is 17.6 Å². The Morgan fingerprint density at radius 3 is 2.19 bits per heavy atom. The lowest BCUT2D eigenvalue weighted by atomic mass is 9.81. The summed E-state index contributed by atoms with van der Waals surface area (Å²) in [6.45, 7) is 0.548. The van der Waals surface area contributed by atoms with E-state index in [-0.39, 0.29) is 11.8 Å². The molecular formula is C13H23NO2. The molecule has 2 aliphatic rings. The van der Waals surface area contributed by atoms with Gasteiger partial charge in [-0.2, -0.15) is 0 Å². The molecule has 0 aromatic rings. The standard InChI is InChI=1S/C13H23NO2/c14-9-13(8-12(15)16)6-10-4-2-1-3-5-11(10)7-13/h10-11H,1-9,14H2,(H,15,16). The minimum absolute atomic E-state index is 0.0848. The molecule has 2 fully saturated rings. The number of rotatable bonds is 3. The molecule has 0 aromatic heterocycles. The molecule has 0 amide bonds. The topological polar surface area (TPSA) is 63.3 Å². The molecule has 0 radical (unpaired) electrons. The predicted molar refractivity (Wildman–Crippen MR) is 63.0 cm³/mol. The molecule has 2 unspecified atom stereocenters. The van der Waals surface area contributed by atoms with Crippen molar-refractivity contribution in [3.05, 3.63) is 0 Å². The van der Waals surface area contributed by atoms with E-state index in [0.717, 1.165) is 24.7 Å². The zero-order valence-corrected chi connectivity index (χ0v) is 9.95. The van der Waals surface area contributed by atoms with Crippen LogP contribution in [0.2, 0.25) is 0 Å². The molecule has 92 valence electrons. The number of nitrogens with two attached hydrogens (primary N) is 1. The molecule has 2 aliphatic carbocycles. The van der Waals surface area contributed by atoms with E-state index in [4.69, 9.17) is 10.8 Å². The monoisotopic (exact) mass is 225 g/mol. The number of carboxylic acid groups (broad SMARTS) is 1. The van der Waals surface area contributed by atoms with Gasteiger partial charge in [0.2, 0.25) is 0 Å². The maximum absolute atomic E-state index is 10.9. The Balaban J connectivity index is 2.05. The molecule has 3 heteroatoms. The van der Waals surface area contributed by atoms with Gasteiger partial charge in [0.25, 0.3) is 0 Å². The van der Waals surface area contributed by atoms with Crippen molar-refractivity contribution >= 4 is 5.97 Å². The van der Waals surface area contributed by atoms with Crippen LogP contribution < -0.4 is 5.73 Å². The Bertz CT molecular complexity index is 251. The molecule has 2 rings (SSSR count). The summed E-state index contributed by atoms with van der Waals surface area (Å²) in [7, 11) is 0. The highest BCUT2D eigenvalue weighted by Crippen LogP contribution is 2.51. The van der Waals surface area contributed by atoms with Gasteiger partial charge in [-0.15, -0.1) is 0 Å². The van der Waals surface area contributed by atoms with Gasteiger partial charge in [0, 0.05) is 0 Å². The Labute approximate surface area is 97.4 Å². The molecule has 3 nitrogen and oxygen atoms in total. The van der Waals surface area contributed by atoms with Crippen molar-refractivity contribution in [1.82, 2.24) is 0 Å². The Morgan fingerprint density at radius 2 is 1.75 bits per heavy atom. The van der Waals surface area contributed by atoms with E-state index in [1.165, 1.54) is 32.1 Å². The summed E-state index contributed by atoms with van der Waals surface area (Å²) in [5, 5.41) is 9.00. The van der Waals surface area contributed by atoms with Crippen molar-refractivity contribution in [2.45, 2.75) is 51.4 Å². The van der Waals surface area contributed by atoms with E-state index in [1.807, 2.05) is 0 Å². The highest BCUT2D eigenvalue weighted by atomic mass is 16.4. The van der Waals surface area contributed by atoms with E-state index in [0.29, 0.717) is 6.54 Å². The number of carbonyl (C=O) groups is 1. The van der Waals surface area contributed by atoms with Crippen LogP contribution in [0.1, 0.15) is 51.4 Å². The third-order valence-electron chi connectivity index (χ3n) is 4.67. The minimum atomic E-state index is -0.679. The molecule has 2 atom stereocenters. The molecule has 16 heavy (non-hydrogen) atoms. The first-order valence-electron chi connectivity index (χ1n) is 6.57. The fourth-order valence-corrected chi connectivity index (χ4v) is 3.90. The van der Waals surface area contributed by atoms with Crippen LogP contribution in [0.25, 0.3) is 0 Å². The van der Waals surface area contributed by atoms with Crippen molar-refractivity contribution in [3.63, 3.8) is 0 Å². The van der Waals surface area contributed by atoms with Crippen molar-refractivity contribution < 1.29 is 9.90 Å². The second kappa shape index (κ2) is 4.74. The largest absolute Gasteiger partial charge is 0.481 e. The van der Waals surface area contributed by atoms with E-state index >= 15 is 0 Å². The second-order valence-corrected chi connectivity index (χ2v) is 5.84. The number of hydrogen-bond donors (Lipinski definition) is 2. The Morgan fingerprint density at radius 1 is 1.19 bits per heavy atom. The molecule has 0 aromatic carbocycles. The Kier molecular flexibility index (Phi) is 3.53. The number of hydrogen-bond acceptors (Lipinski definition) is 2. The van der Waals surface area contributed by atoms with Gasteiger partial charge >= 0.3 is 5.97 Å². The average molecular weight is 225 g/mol. The first kappa shape index (κ1) is 11.9. The maximum atomic E-state index is 10.9. The van der Waals surface area contributed by atoms with Crippen molar-refractivity contribution in [2.24, 2.45) is 23.0 Å². The van der Waals surface area contributed by atoms with Gasteiger partial charge in [0.05, 0.1) is 6.42 Å². The van der Waals surface area contributed by atoms with Crippen LogP contribution in [0.4, 0.5) is 0 Å². The molecular weight excluding hydrogens is 202 g/mol. The van der Waals surface area contributed by atoms with E-state index in [2.05, 4.69) is 0 Å². The molecule has 0 heterocycles. The second-order valence-electron chi connectivity index (χ2n) is 5.84. The Hall–Kier alpha value is -0.570. The molecule has 0 spiro atoms. The molecule has 0 bridgehead atoms. The summed E-state index contributed by atoms with van der Waals surface area (Å²) in [6.07, 6.45) is 9.00. The fourth-order valence-electron chi connectivity index (χ4n) is 3.90. The van der Waals surface area contributed by atoms with Gasteiger partial charge in [-0.3, -0.25) is 4.79 Å². The normalized spacial score (nSPS) is 39.1. The van der Waals surface area contributed by atoms with Gasteiger partial charge in [0.1, 0.15) is 0 Å². The predicted octanol–water partition coefficient (Wildman–Crippen LogP) is 2.40. The van der Waals surface area contributed by atoms with Gasteiger partial charge in [-0.1, -0.05) is 32.1 Å². The van der Waals surface area contributed by atoms with E-state index < -0.39 is 5.97 Å². The lowest BCUT2D eigenvalue weighted by Gasteiger charge is -2.26. The molecule has 0 saturated heterocycles. The minimum Gasteiger partial charge on any atom is -0.481 e. The van der Waals surface area contributed by atoms with Gasteiger partial charge in [-0.05, 0) is 36.6 Å². The summed E-state index contributed by atoms with van der Waals surface area (Å²) < 4.78 is 0. The maximum Gasteiger partial charge on any atom is 0.303 e. The summed E-state index contributed by atoms with van der Waals surface area (Å²) in [4.78, 5) is 10.9. The number of carboxylic acids is 1. The van der Waals surface area contributed by atoms with Crippen molar-refractivity contribution in [1.29, 1.82) is 0 Å². The number of fused-ring (bicyclic) bond motifs is 1. The van der Waals surface area contributed by atoms with Crippen LogP contribution >= 0.6 is 0 Å². The highest BCUT2D eigenvalue weighted by Gasteiger charge is 2.45. The molecule has 2 saturated carbocycles. The zero-order valence-electron chi connectivity index (χ0n) is 9.95. The van der Waals surface area contributed by atoms with Crippen LogP contribution in [0, 0.1) is 17.3 Å². The fraction of sp³-hybridized carbons (Fsp3) is 0.923. The van der Waals surface area contributed by atoms with Gasteiger partial charge in [0.15, 0.2) is 0 Å².